The van der Waals surface area contributed by atoms with Gasteiger partial charge in [-0.2, -0.15) is 0 Å². The van der Waals surface area contributed by atoms with Gasteiger partial charge in [0.1, 0.15) is 16.4 Å². The third-order valence-electron chi connectivity index (χ3n) is 5.03. The van der Waals surface area contributed by atoms with Crippen LogP contribution in [0.5, 0.6) is 11.5 Å². The normalized spacial score (nSPS) is 17.3. The molecule has 0 unspecified atom stereocenters. The van der Waals surface area contributed by atoms with Gasteiger partial charge in [0.25, 0.3) is 0 Å². The van der Waals surface area contributed by atoms with E-state index in [9.17, 15) is 8.42 Å². The Hall–Kier alpha value is -1.35. The second-order valence-electron chi connectivity index (χ2n) is 7.08. The van der Waals surface area contributed by atoms with Crippen molar-refractivity contribution < 1.29 is 17.9 Å². The van der Waals surface area contributed by atoms with E-state index in [1.54, 1.807) is 12.1 Å². The summed E-state index contributed by atoms with van der Waals surface area (Å²) in [6, 6.07) is 4.76. The van der Waals surface area contributed by atoms with E-state index in [-0.39, 0.29) is 10.4 Å². The molecule has 7 nitrogen and oxygen atoms in total. The summed E-state index contributed by atoms with van der Waals surface area (Å²) < 4.78 is 38.8. The second kappa shape index (κ2) is 8.56. The number of benzene rings is 1. The molecule has 1 aliphatic rings. The molecule has 1 N–H and O–H groups in total. The highest BCUT2D eigenvalue weighted by Crippen LogP contribution is 2.28. The summed E-state index contributed by atoms with van der Waals surface area (Å²) in [5.74, 6) is 0.772. The fraction of sp³-hybridized carbons (Fsp3) is 0.667. The summed E-state index contributed by atoms with van der Waals surface area (Å²) in [6.07, 6.45) is 0. The molecule has 0 bridgehead atoms. The molecule has 0 aromatic heterocycles. The average Bonchev–Trinajstić information content (AvgIpc) is 2.66. The quantitative estimate of drug-likeness (QED) is 0.729. The minimum absolute atomic E-state index is 0.0888. The molecular formula is C18H31N3O4S. The Morgan fingerprint density at radius 1 is 1.12 bits per heavy atom. The number of likely N-dealkylation sites (N-methyl/N-ethyl adjacent to an activating group) is 1. The molecular weight excluding hydrogens is 354 g/mol. The van der Waals surface area contributed by atoms with E-state index in [1.807, 2.05) is 0 Å². The smallest absolute Gasteiger partial charge is 0.244 e. The van der Waals surface area contributed by atoms with Crippen LogP contribution in [0, 0.1) is 0 Å². The van der Waals surface area contributed by atoms with E-state index < -0.39 is 10.0 Å². The molecule has 1 aromatic rings. The van der Waals surface area contributed by atoms with Gasteiger partial charge in [-0.05, 0) is 32.5 Å². The summed E-state index contributed by atoms with van der Waals surface area (Å²) >= 11 is 0. The van der Waals surface area contributed by atoms with Crippen LogP contribution in [0.4, 0.5) is 0 Å². The first-order valence-electron chi connectivity index (χ1n) is 8.92. The van der Waals surface area contributed by atoms with E-state index in [0.717, 1.165) is 32.7 Å². The van der Waals surface area contributed by atoms with E-state index in [2.05, 4.69) is 35.3 Å². The van der Waals surface area contributed by atoms with Crippen LogP contribution in [0.25, 0.3) is 0 Å². The number of sulfonamides is 1. The molecule has 1 heterocycles. The van der Waals surface area contributed by atoms with Crippen molar-refractivity contribution in [2.24, 2.45) is 0 Å². The number of ether oxygens (including phenoxy) is 2. The van der Waals surface area contributed by atoms with Crippen molar-refractivity contribution in [2.75, 3.05) is 53.5 Å². The highest BCUT2D eigenvalue weighted by molar-refractivity contribution is 7.89. The Morgan fingerprint density at radius 3 is 2.31 bits per heavy atom. The molecule has 0 atom stereocenters. The number of piperazine rings is 1. The summed E-state index contributed by atoms with van der Waals surface area (Å²) in [5, 5.41) is 0. The molecule has 1 fully saturated rings. The van der Waals surface area contributed by atoms with Gasteiger partial charge in [-0.25, -0.2) is 13.1 Å². The SMILES string of the molecule is CCN1CCN(C(C)(C)CNS(=O)(=O)c2cc(OC)ccc2OC)CC1. The van der Waals surface area contributed by atoms with Gasteiger partial charge >= 0.3 is 0 Å². The summed E-state index contributed by atoms with van der Waals surface area (Å²) in [7, 11) is -0.754. The minimum Gasteiger partial charge on any atom is -0.497 e. The Bertz CT molecular complexity index is 698. The molecule has 0 radical (unpaired) electrons. The summed E-state index contributed by atoms with van der Waals surface area (Å²) in [6.45, 7) is 11.6. The Kier molecular flexibility index (Phi) is 6.90. The molecule has 0 spiro atoms. The van der Waals surface area contributed by atoms with Gasteiger partial charge in [0.05, 0.1) is 14.2 Å². The monoisotopic (exact) mass is 385 g/mol. The van der Waals surface area contributed by atoms with Crippen LogP contribution in [0.2, 0.25) is 0 Å². The van der Waals surface area contributed by atoms with Crippen LogP contribution >= 0.6 is 0 Å². The van der Waals surface area contributed by atoms with Crippen LogP contribution in [0.15, 0.2) is 23.1 Å². The number of hydrogen-bond donors (Lipinski definition) is 1. The number of rotatable bonds is 8. The maximum absolute atomic E-state index is 12.8. The zero-order chi connectivity index (χ0) is 19.4. The van der Waals surface area contributed by atoms with Gasteiger partial charge in [0.15, 0.2) is 0 Å². The number of methoxy groups -OCH3 is 2. The Labute approximate surface area is 157 Å². The van der Waals surface area contributed by atoms with E-state index >= 15 is 0 Å². The summed E-state index contributed by atoms with van der Waals surface area (Å²) in [4.78, 5) is 4.83. The summed E-state index contributed by atoms with van der Waals surface area (Å²) in [5.41, 5.74) is -0.279. The first kappa shape index (κ1) is 21.0. The van der Waals surface area contributed by atoms with Gasteiger partial charge in [-0.15, -0.1) is 0 Å². The molecule has 0 amide bonds. The van der Waals surface area contributed by atoms with Gasteiger partial charge in [0.2, 0.25) is 10.0 Å². The van der Waals surface area contributed by atoms with Crippen LogP contribution < -0.4 is 14.2 Å². The average molecular weight is 386 g/mol. The van der Waals surface area contributed by atoms with E-state index in [1.165, 1.54) is 20.3 Å². The molecule has 1 saturated heterocycles. The molecule has 0 saturated carbocycles. The van der Waals surface area contributed by atoms with Crippen LogP contribution in [-0.2, 0) is 10.0 Å². The molecule has 0 aliphatic carbocycles. The molecule has 2 rings (SSSR count). The zero-order valence-corrected chi connectivity index (χ0v) is 17.2. The number of hydrogen-bond acceptors (Lipinski definition) is 6. The van der Waals surface area contributed by atoms with Gasteiger partial charge in [0, 0.05) is 44.3 Å². The van der Waals surface area contributed by atoms with Crippen LogP contribution in [0.3, 0.4) is 0 Å². The standard InChI is InChI=1S/C18H31N3O4S/c1-6-20-9-11-21(12-10-20)18(2,3)14-19-26(22,23)17-13-15(24-4)7-8-16(17)25-5/h7-8,13,19H,6,9-12,14H2,1-5H3. The third kappa shape index (κ3) is 4.88. The predicted octanol–water partition coefficient (Wildman–Crippen LogP) is 1.40. The second-order valence-corrected chi connectivity index (χ2v) is 8.81. The van der Waals surface area contributed by atoms with Crippen LogP contribution in [0.1, 0.15) is 20.8 Å². The van der Waals surface area contributed by atoms with Crippen molar-refractivity contribution in [1.29, 1.82) is 0 Å². The van der Waals surface area contributed by atoms with Crippen molar-refractivity contribution in [2.45, 2.75) is 31.2 Å². The topological polar surface area (TPSA) is 71.1 Å². The molecule has 1 aromatic carbocycles. The highest BCUT2D eigenvalue weighted by atomic mass is 32.2. The molecule has 26 heavy (non-hydrogen) atoms. The molecule has 8 heteroatoms. The lowest BCUT2D eigenvalue weighted by Crippen LogP contribution is -2.58. The maximum atomic E-state index is 12.8. The lowest BCUT2D eigenvalue weighted by atomic mass is 10.0. The van der Waals surface area contributed by atoms with Crippen molar-refractivity contribution in [1.82, 2.24) is 14.5 Å². The van der Waals surface area contributed by atoms with Gasteiger partial charge in [-0.3, -0.25) is 4.90 Å². The first-order valence-corrected chi connectivity index (χ1v) is 10.4. The minimum atomic E-state index is -3.71. The fourth-order valence-electron chi connectivity index (χ4n) is 3.12. The lowest BCUT2D eigenvalue weighted by molar-refractivity contribution is 0.0571. The van der Waals surface area contributed by atoms with Crippen molar-refractivity contribution in [3.05, 3.63) is 18.2 Å². The fourth-order valence-corrected chi connectivity index (χ4v) is 4.51. The van der Waals surface area contributed by atoms with Crippen molar-refractivity contribution >= 4 is 10.0 Å². The third-order valence-corrected chi connectivity index (χ3v) is 6.45. The Balaban J connectivity index is 2.10. The molecule has 1 aliphatic heterocycles. The van der Waals surface area contributed by atoms with Crippen LogP contribution in [-0.4, -0.2) is 77.2 Å². The van der Waals surface area contributed by atoms with E-state index in [4.69, 9.17) is 9.47 Å². The van der Waals surface area contributed by atoms with Gasteiger partial charge < -0.3 is 14.4 Å². The highest BCUT2D eigenvalue weighted by Gasteiger charge is 2.31. The molecule has 148 valence electrons. The predicted molar refractivity (Wildman–Crippen MR) is 103 cm³/mol. The van der Waals surface area contributed by atoms with Crippen molar-refractivity contribution in [3.63, 3.8) is 0 Å². The lowest BCUT2D eigenvalue weighted by Gasteiger charge is -2.44. The number of nitrogens with zero attached hydrogens (tertiary/aromatic N) is 2. The van der Waals surface area contributed by atoms with Gasteiger partial charge in [-0.1, -0.05) is 6.92 Å². The zero-order valence-electron chi connectivity index (χ0n) is 16.4. The number of nitrogens with one attached hydrogen (secondary N) is 1. The van der Waals surface area contributed by atoms with E-state index in [0.29, 0.717) is 18.0 Å². The van der Waals surface area contributed by atoms with Crippen molar-refractivity contribution in [3.8, 4) is 11.5 Å². The largest absolute Gasteiger partial charge is 0.497 e. The maximum Gasteiger partial charge on any atom is 0.244 e. The first-order chi connectivity index (χ1) is 12.2. The Morgan fingerprint density at radius 2 is 1.77 bits per heavy atom.